The lowest BCUT2D eigenvalue weighted by Crippen LogP contribution is -2.30. The fourth-order valence-corrected chi connectivity index (χ4v) is 1.75. The molecule has 1 rings (SSSR count). The highest BCUT2D eigenvalue weighted by atomic mass is 15.1. The standard InChI is InChI=1S/C16H25N5/c1-16(2,3)15(18)20-13(17)11-8-7-9-12(10-11)14(19-4)21(5)6/h7-10H,1-6H3,(H3,17,18,20). The van der Waals surface area contributed by atoms with Crippen LogP contribution < -0.4 is 5.73 Å². The fourth-order valence-electron chi connectivity index (χ4n) is 1.75. The highest BCUT2D eigenvalue weighted by Crippen LogP contribution is 2.14. The lowest BCUT2D eigenvalue weighted by molar-refractivity contribution is 0.585. The van der Waals surface area contributed by atoms with Crippen molar-refractivity contribution < 1.29 is 0 Å². The summed E-state index contributed by atoms with van der Waals surface area (Å²) in [5, 5.41) is 8.12. The van der Waals surface area contributed by atoms with Crippen molar-refractivity contribution in [1.29, 1.82) is 5.41 Å². The third-order valence-corrected chi connectivity index (χ3v) is 3.03. The molecule has 1 aromatic rings. The predicted molar refractivity (Wildman–Crippen MR) is 90.5 cm³/mol. The van der Waals surface area contributed by atoms with Gasteiger partial charge >= 0.3 is 0 Å². The summed E-state index contributed by atoms with van der Waals surface area (Å²) >= 11 is 0. The SMILES string of the molecule is CN=C(c1cccc(C(=N)N=C(N)C(C)(C)C)c1)N(C)C. The van der Waals surface area contributed by atoms with Crippen LogP contribution in [0, 0.1) is 10.8 Å². The lowest BCUT2D eigenvalue weighted by atomic mass is 9.95. The molecular weight excluding hydrogens is 262 g/mol. The molecule has 0 saturated carbocycles. The van der Waals surface area contributed by atoms with Crippen molar-refractivity contribution in [3.63, 3.8) is 0 Å². The third kappa shape index (κ3) is 4.41. The molecule has 0 saturated heterocycles. The highest BCUT2D eigenvalue weighted by molar-refractivity contribution is 6.07. The van der Waals surface area contributed by atoms with Crippen molar-refractivity contribution in [3.8, 4) is 0 Å². The topological polar surface area (TPSA) is 77.8 Å². The molecule has 0 aliphatic heterocycles. The molecule has 21 heavy (non-hydrogen) atoms. The molecule has 0 bridgehead atoms. The van der Waals surface area contributed by atoms with Gasteiger partial charge in [0.1, 0.15) is 11.7 Å². The Kier molecular flexibility index (Phi) is 5.24. The van der Waals surface area contributed by atoms with Gasteiger partial charge in [-0.3, -0.25) is 10.4 Å². The number of nitrogens with zero attached hydrogens (tertiary/aromatic N) is 3. The number of amidine groups is 3. The number of nitrogens with two attached hydrogens (primary N) is 1. The maximum absolute atomic E-state index is 8.12. The quantitative estimate of drug-likeness (QED) is 0.647. The zero-order chi connectivity index (χ0) is 16.2. The van der Waals surface area contributed by atoms with Crippen LogP contribution in [0.5, 0.6) is 0 Å². The Morgan fingerprint density at radius 2 is 1.76 bits per heavy atom. The Bertz CT molecular complexity index is 577. The third-order valence-electron chi connectivity index (χ3n) is 3.03. The first-order valence-electron chi connectivity index (χ1n) is 6.85. The molecule has 5 heteroatoms. The van der Waals surface area contributed by atoms with Crippen molar-refractivity contribution in [2.24, 2.45) is 21.1 Å². The molecule has 0 amide bonds. The fraction of sp³-hybridized carbons (Fsp3) is 0.438. The summed E-state index contributed by atoms with van der Waals surface area (Å²) in [6, 6.07) is 7.63. The summed E-state index contributed by atoms with van der Waals surface area (Å²) < 4.78 is 0. The Morgan fingerprint density at radius 3 is 2.24 bits per heavy atom. The van der Waals surface area contributed by atoms with Gasteiger partial charge in [0.15, 0.2) is 5.84 Å². The molecule has 0 radical (unpaired) electrons. The molecule has 0 fully saturated rings. The van der Waals surface area contributed by atoms with E-state index in [-0.39, 0.29) is 11.3 Å². The lowest BCUT2D eigenvalue weighted by Gasteiger charge is -2.18. The van der Waals surface area contributed by atoms with Crippen LogP contribution in [0.2, 0.25) is 0 Å². The number of aliphatic imine (C=N–C) groups is 2. The van der Waals surface area contributed by atoms with Gasteiger partial charge in [-0.25, -0.2) is 4.99 Å². The minimum atomic E-state index is -0.246. The smallest absolute Gasteiger partial charge is 0.153 e. The zero-order valence-electron chi connectivity index (χ0n) is 13.7. The molecule has 0 unspecified atom stereocenters. The number of rotatable bonds is 2. The van der Waals surface area contributed by atoms with Gasteiger partial charge in [-0.1, -0.05) is 39.0 Å². The van der Waals surface area contributed by atoms with Crippen molar-refractivity contribution in [2.75, 3.05) is 21.1 Å². The molecule has 1 aromatic carbocycles. The van der Waals surface area contributed by atoms with Gasteiger partial charge in [0.2, 0.25) is 0 Å². The summed E-state index contributed by atoms with van der Waals surface area (Å²) in [6.07, 6.45) is 0. The van der Waals surface area contributed by atoms with E-state index < -0.39 is 0 Å². The summed E-state index contributed by atoms with van der Waals surface area (Å²) in [4.78, 5) is 10.4. The summed E-state index contributed by atoms with van der Waals surface area (Å²) in [5.41, 5.74) is 7.37. The summed E-state index contributed by atoms with van der Waals surface area (Å²) in [5.74, 6) is 1.48. The van der Waals surface area contributed by atoms with Crippen LogP contribution in [0.25, 0.3) is 0 Å². The van der Waals surface area contributed by atoms with Crippen molar-refractivity contribution in [3.05, 3.63) is 35.4 Å². The van der Waals surface area contributed by atoms with Crippen LogP contribution in [0.15, 0.2) is 34.3 Å². The monoisotopic (exact) mass is 287 g/mol. The Morgan fingerprint density at radius 1 is 1.19 bits per heavy atom. The molecule has 0 aliphatic carbocycles. The Labute approximate surface area is 127 Å². The van der Waals surface area contributed by atoms with E-state index in [1.807, 2.05) is 64.0 Å². The summed E-state index contributed by atoms with van der Waals surface area (Å²) in [7, 11) is 5.63. The molecule has 0 heterocycles. The van der Waals surface area contributed by atoms with Crippen molar-refractivity contribution >= 4 is 17.5 Å². The second-order valence-electron chi connectivity index (χ2n) is 6.12. The second kappa shape index (κ2) is 6.52. The predicted octanol–water partition coefficient (Wildman–Crippen LogP) is 2.35. The first-order valence-corrected chi connectivity index (χ1v) is 6.85. The van der Waals surface area contributed by atoms with Crippen LogP contribution in [0.3, 0.4) is 0 Å². The van der Waals surface area contributed by atoms with Gasteiger partial charge < -0.3 is 10.6 Å². The first-order chi connectivity index (χ1) is 9.66. The number of nitrogens with one attached hydrogen (secondary N) is 1. The van der Waals surface area contributed by atoms with E-state index >= 15 is 0 Å². The van der Waals surface area contributed by atoms with Crippen molar-refractivity contribution in [2.45, 2.75) is 20.8 Å². The molecule has 0 aromatic heterocycles. The van der Waals surface area contributed by atoms with Crippen LogP contribution in [-0.2, 0) is 0 Å². The molecule has 3 N–H and O–H groups in total. The van der Waals surface area contributed by atoms with E-state index in [0.717, 1.165) is 17.0 Å². The van der Waals surface area contributed by atoms with Gasteiger partial charge in [0, 0.05) is 37.7 Å². The van der Waals surface area contributed by atoms with Crippen LogP contribution in [0.4, 0.5) is 0 Å². The molecule has 114 valence electrons. The van der Waals surface area contributed by atoms with E-state index in [1.54, 1.807) is 7.05 Å². The van der Waals surface area contributed by atoms with E-state index in [1.165, 1.54) is 0 Å². The molecule has 5 nitrogen and oxygen atoms in total. The highest BCUT2D eigenvalue weighted by Gasteiger charge is 2.16. The van der Waals surface area contributed by atoms with E-state index in [9.17, 15) is 0 Å². The molecule has 0 spiro atoms. The average Bonchev–Trinajstić information content (AvgIpc) is 2.38. The molecular formula is C16H25N5. The van der Waals surface area contributed by atoms with Crippen LogP contribution in [0.1, 0.15) is 31.9 Å². The van der Waals surface area contributed by atoms with E-state index in [2.05, 4.69) is 9.98 Å². The second-order valence-corrected chi connectivity index (χ2v) is 6.12. The van der Waals surface area contributed by atoms with E-state index in [4.69, 9.17) is 11.1 Å². The average molecular weight is 287 g/mol. The maximum Gasteiger partial charge on any atom is 0.153 e. The number of hydrogen-bond donors (Lipinski definition) is 2. The minimum absolute atomic E-state index is 0.165. The summed E-state index contributed by atoms with van der Waals surface area (Å²) in [6.45, 7) is 5.93. The number of hydrogen-bond acceptors (Lipinski definition) is 2. The molecule has 0 aliphatic rings. The van der Waals surface area contributed by atoms with Crippen molar-refractivity contribution in [1.82, 2.24) is 4.90 Å². The Balaban J connectivity index is 3.15. The Hall–Kier alpha value is -2.17. The van der Waals surface area contributed by atoms with Crippen LogP contribution in [-0.4, -0.2) is 43.5 Å². The first kappa shape index (κ1) is 16.9. The maximum atomic E-state index is 8.12. The largest absolute Gasteiger partial charge is 0.387 e. The van der Waals surface area contributed by atoms with Gasteiger partial charge in [-0.2, -0.15) is 0 Å². The van der Waals surface area contributed by atoms with Gasteiger partial charge in [0.05, 0.1) is 0 Å². The number of benzene rings is 1. The van der Waals surface area contributed by atoms with Crippen LogP contribution >= 0.6 is 0 Å². The van der Waals surface area contributed by atoms with Gasteiger partial charge in [-0.15, -0.1) is 0 Å². The molecule has 0 atom stereocenters. The van der Waals surface area contributed by atoms with E-state index in [0.29, 0.717) is 5.84 Å². The zero-order valence-corrected chi connectivity index (χ0v) is 13.7. The normalized spacial score (nSPS) is 13.2. The van der Waals surface area contributed by atoms with Gasteiger partial charge in [0.25, 0.3) is 0 Å². The minimum Gasteiger partial charge on any atom is -0.387 e. The van der Waals surface area contributed by atoms with Gasteiger partial charge in [-0.05, 0) is 6.07 Å².